The summed E-state index contributed by atoms with van der Waals surface area (Å²) in [7, 11) is 0. The topological polar surface area (TPSA) is 29.1 Å². The normalized spacial score (nSPS) is 30.7. The maximum absolute atomic E-state index is 11.0. The summed E-state index contributed by atoms with van der Waals surface area (Å²) in [5, 5.41) is 2.89. The first-order valence-electron chi connectivity index (χ1n) is 4.05. The van der Waals surface area contributed by atoms with Crippen LogP contribution in [0.1, 0.15) is 6.42 Å². The van der Waals surface area contributed by atoms with Crippen molar-refractivity contribution in [2.45, 2.75) is 12.5 Å². The minimum atomic E-state index is 0.00690. The quantitative estimate of drug-likeness (QED) is 0.605. The van der Waals surface area contributed by atoms with Crippen molar-refractivity contribution in [3.8, 4) is 0 Å². The van der Waals surface area contributed by atoms with Crippen LogP contribution in [-0.2, 0) is 4.79 Å². The number of carbonyl (C=O) groups is 1. The van der Waals surface area contributed by atoms with Gasteiger partial charge in [0.2, 0.25) is 5.91 Å². The van der Waals surface area contributed by atoms with E-state index in [-0.39, 0.29) is 11.9 Å². The zero-order chi connectivity index (χ0) is 8.39. The van der Waals surface area contributed by atoms with Crippen LogP contribution in [0.3, 0.4) is 0 Å². The van der Waals surface area contributed by atoms with E-state index in [9.17, 15) is 4.79 Å². The Morgan fingerprint density at radius 2 is 2.08 bits per heavy atom. The molecule has 0 bridgehead atoms. The monoisotopic (exact) mass is 160 g/mol. The van der Waals surface area contributed by atoms with Crippen molar-refractivity contribution in [1.29, 1.82) is 0 Å². The van der Waals surface area contributed by atoms with Gasteiger partial charge in [0.1, 0.15) is 0 Å². The van der Waals surface area contributed by atoms with Crippen LogP contribution in [0.25, 0.3) is 0 Å². The second-order valence-electron chi connectivity index (χ2n) is 2.92. The van der Waals surface area contributed by atoms with Crippen LogP contribution >= 0.6 is 0 Å². The molecule has 1 amide bonds. The van der Waals surface area contributed by atoms with Gasteiger partial charge in [0.05, 0.1) is 0 Å². The summed E-state index contributed by atoms with van der Waals surface area (Å²) >= 11 is 0. The van der Waals surface area contributed by atoms with Gasteiger partial charge in [-0.05, 0) is 38.2 Å². The summed E-state index contributed by atoms with van der Waals surface area (Å²) in [5.74, 6) is 1.19. The van der Waals surface area contributed by atoms with Crippen molar-refractivity contribution < 1.29 is 4.79 Å². The molecule has 5 radical (unpaired) electrons. The molecule has 2 aliphatic rings. The zero-order valence-corrected chi connectivity index (χ0v) is 6.66. The fourth-order valence-corrected chi connectivity index (χ4v) is 1.43. The van der Waals surface area contributed by atoms with Gasteiger partial charge in [0, 0.05) is 12.0 Å². The summed E-state index contributed by atoms with van der Waals surface area (Å²) in [6.45, 7) is 0. The fourth-order valence-electron chi connectivity index (χ4n) is 1.43. The van der Waals surface area contributed by atoms with Crippen LogP contribution in [0, 0.1) is 31.6 Å². The molecule has 2 nitrogen and oxygen atoms in total. The second kappa shape index (κ2) is 3.30. The van der Waals surface area contributed by atoms with Gasteiger partial charge in [-0.3, -0.25) is 4.79 Å². The first-order chi connectivity index (χ1) is 5.86. The van der Waals surface area contributed by atoms with Crippen LogP contribution < -0.4 is 5.32 Å². The highest BCUT2D eigenvalue weighted by atomic mass is 16.1. The van der Waals surface area contributed by atoms with E-state index in [1.807, 2.05) is 31.8 Å². The maximum atomic E-state index is 11.0. The third-order valence-corrected chi connectivity index (χ3v) is 2.05. The van der Waals surface area contributed by atoms with Gasteiger partial charge in [-0.2, -0.15) is 0 Å². The van der Waals surface area contributed by atoms with E-state index in [2.05, 4.69) is 5.32 Å². The molecule has 1 aliphatic heterocycles. The molecule has 1 saturated carbocycles. The first-order valence-corrected chi connectivity index (χ1v) is 4.05. The molecular weight excluding hydrogens is 150 g/mol. The van der Waals surface area contributed by atoms with Gasteiger partial charge in [0.15, 0.2) is 0 Å². The van der Waals surface area contributed by atoms with Crippen molar-refractivity contribution in [3.05, 3.63) is 43.8 Å². The predicted octanol–water partition coefficient (Wildman–Crippen LogP) is 0.836. The second-order valence-corrected chi connectivity index (χ2v) is 2.92. The standard InChI is InChI=1S/C10H10NO/c12-10-7-3-6-9(11-10)8-4-1-2-5-8/h1-5,7,9H,6H2,(H,11,12)/t9-/m0/s1. The van der Waals surface area contributed by atoms with E-state index in [1.54, 1.807) is 6.08 Å². The Kier molecular flexibility index (Phi) is 2.15. The van der Waals surface area contributed by atoms with E-state index in [0.717, 1.165) is 6.42 Å². The molecule has 2 heteroatoms. The number of hydrogen-bond donors (Lipinski definition) is 1. The van der Waals surface area contributed by atoms with E-state index in [4.69, 9.17) is 0 Å². The maximum Gasteiger partial charge on any atom is 0.243 e. The van der Waals surface area contributed by atoms with E-state index >= 15 is 0 Å². The molecule has 0 aromatic rings. The minimum Gasteiger partial charge on any atom is -0.349 e. The molecule has 1 N–H and O–H groups in total. The lowest BCUT2D eigenvalue weighted by molar-refractivity contribution is -0.117. The molecule has 61 valence electrons. The summed E-state index contributed by atoms with van der Waals surface area (Å²) < 4.78 is 0. The van der Waals surface area contributed by atoms with Crippen molar-refractivity contribution in [1.82, 2.24) is 5.32 Å². The van der Waals surface area contributed by atoms with Crippen molar-refractivity contribution in [2.24, 2.45) is 0 Å². The lowest BCUT2D eigenvalue weighted by Gasteiger charge is -2.24. The molecule has 0 spiro atoms. The van der Waals surface area contributed by atoms with Crippen molar-refractivity contribution in [2.75, 3.05) is 0 Å². The average molecular weight is 160 g/mol. The van der Waals surface area contributed by atoms with E-state index in [1.165, 1.54) is 5.92 Å². The zero-order valence-electron chi connectivity index (χ0n) is 6.66. The highest BCUT2D eigenvalue weighted by Crippen LogP contribution is 2.28. The molecule has 1 aliphatic carbocycles. The first kappa shape index (κ1) is 7.84. The number of amides is 1. The van der Waals surface area contributed by atoms with Crippen LogP contribution in [-0.4, -0.2) is 11.9 Å². The van der Waals surface area contributed by atoms with Gasteiger partial charge in [-0.25, -0.2) is 0 Å². The molecule has 0 aromatic heterocycles. The molecule has 1 heterocycles. The molecule has 0 unspecified atom stereocenters. The molecular formula is C10H10NO. The van der Waals surface area contributed by atoms with Gasteiger partial charge >= 0.3 is 0 Å². The van der Waals surface area contributed by atoms with Gasteiger partial charge < -0.3 is 5.32 Å². The Morgan fingerprint density at radius 3 is 2.75 bits per heavy atom. The lowest BCUT2D eigenvalue weighted by Crippen LogP contribution is -2.39. The van der Waals surface area contributed by atoms with Gasteiger partial charge in [-0.1, -0.05) is 6.08 Å². The lowest BCUT2D eigenvalue weighted by atomic mass is 9.93. The number of rotatable bonds is 1. The van der Waals surface area contributed by atoms with Crippen LogP contribution in [0.2, 0.25) is 0 Å². The Hall–Kier alpha value is -0.790. The Balaban J connectivity index is 1.95. The molecule has 1 atom stereocenters. The van der Waals surface area contributed by atoms with Crippen molar-refractivity contribution in [3.63, 3.8) is 0 Å². The molecule has 12 heavy (non-hydrogen) atoms. The third kappa shape index (κ3) is 1.52. The Morgan fingerprint density at radius 1 is 1.33 bits per heavy atom. The summed E-state index contributed by atoms with van der Waals surface area (Å²) in [4.78, 5) is 11.0. The predicted molar refractivity (Wildman–Crippen MR) is 46.1 cm³/mol. The van der Waals surface area contributed by atoms with E-state index < -0.39 is 0 Å². The van der Waals surface area contributed by atoms with Crippen LogP contribution in [0.4, 0.5) is 0 Å². The van der Waals surface area contributed by atoms with Gasteiger partial charge in [0.25, 0.3) is 0 Å². The van der Waals surface area contributed by atoms with E-state index in [0.29, 0.717) is 0 Å². The molecule has 0 saturated heterocycles. The highest BCUT2D eigenvalue weighted by Gasteiger charge is 2.27. The molecule has 2 rings (SSSR count). The van der Waals surface area contributed by atoms with Crippen LogP contribution in [0.5, 0.6) is 0 Å². The van der Waals surface area contributed by atoms with Gasteiger partial charge in [-0.15, -0.1) is 0 Å². The van der Waals surface area contributed by atoms with Crippen LogP contribution in [0.15, 0.2) is 12.2 Å². The number of carbonyl (C=O) groups excluding carboxylic acids is 1. The SMILES string of the molecule is O=C1C=CC[C@@H]([C]2[CH][CH][CH][CH]2)N1. The molecule has 1 fully saturated rings. The Labute approximate surface area is 73.0 Å². The number of hydrogen-bond acceptors (Lipinski definition) is 1. The average Bonchev–Trinajstić information content (AvgIpc) is 2.56. The smallest absolute Gasteiger partial charge is 0.243 e. The summed E-state index contributed by atoms with van der Waals surface area (Å²) in [6.07, 6.45) is 12.4. The summed E-state index contributed by atoms with van der Waals surface area (Å²) in [6, 6.07) is 0.178. The molecule has 0 aromatic carbocycles. The Bertz CT molecular complexity index is 204. The fraction of sp³-hybridized carbons (Fsp3) is 0.200. The number of nitrogens with one attached hydrogen (secondary N) is 1. The third-order valence-electron chi connectivity index (χ3n) is 2.05. The minimum absolute atomic E-state index is 0.00690. The highest BCUT2D eigenvalue weighted by molar-refractivity contribution is 5.89. The van der Waals surface area contributed by atoms with Crippen molar-refractivity contribution >= 4 is 5.91 Å². The summed E-state index contributed by atoms with van der Waals surface area (Å²) in [5.41, 5.74) is 0. The largest absolute Gasteiger partial charge is 0.349 e.